The van der Waals surface area contributed by atoms with Crippen molar-refractivity contribution in [3.05, 3.63) is 70.7 Å². The van der Waals surface area contributed by atoms with E-state index in [4.69, 9.17) is 16.0 Å². The number of fused-ring (bicyclic) bond motifs is 1. The topological polar surface area (TPSA) is 73.8 Å². The second-order valence-corrected chi connectivity index (χ2v) is 5.19. The fourth-order valence-electron chi connectivity index (χ4n) is 2.35. The average molecular weight is 325 g/mol. The zero-order chi connectivity index (χ0) is 15.8. The van der Waals surface area contributed by atoms with Gasteiger partial charge >= 0.3 is 5.63 Å². The molecule has 4 rings (SSSR count). The number of pyridine rings is 1. The van der Waals surface area contributed by atoms with Crippen LogP contribution in [0.5, 0.6) is 0 Å². The van der Waals surface area contributed by atoms with Crippen LogP contribution in [-0.4, -0.2) is 19.5 Å². The van der Waals surface area contributed by atoms with Crippen LogP contribution in [0.2, 0.25) is 5.02 Å². The highest BCUT2D eigenvalue weighted by molar-refractivity contribution is 6.35. The van der Waals surface area contributed by atoms with Gasteiger partial charge in [-0.3, -0.25) is 4.57 Å². The van der Waals surface area contributed by atoms with Crippen LogP contribution >= 0.6 is 11.6 Å². The van der Waals surface area contributed by atoms with Crippen molar-refractivity contribution in [3.8, 4) is 17.3 Å². The summed E-state index contributed by atoms with van der Waals surface area (Å²) in [5.74, 6) is 0.753. The minimum Gasteiger partial charge on any atom is -0.403 e. The lowest BCUT2D eigenvalue weighted by atomic mass is 10.2. The van der Waals surface area contributed by atoms with Crippen molar-refractivity contribution in [2.75, 3.05) is 0 Å². The number of hydrogen-bond donors (Lipinski definition) is 0. The van der Waals surface area contributed by atoms with Crippen molar-refractivity contribution in [1.29, 1.82) is 0 Å². The molecule has 0 N–H and O–H groups in total. The van der Waals surface area contributed by atoms with E-state index < -0.39 is 5.63 Å². The van der Waals surface area contributed by atoms with E-state index >= 15 is 0 Å². The van der Waals surface area contributed by atoms with Crippen molar-refractivity contribution in [2.24, 2.45) is 0 Å². The van der Waals surface area contributed by atoms with Crippen molar-refractivity contribution in [1.82, 2.24) is 19.5 Å². The maximum Gasteiger partial charge on any atom is 0.348 e. The van der Waals surface area contributed by atoms with E-state index in [9.17, 15) is 4.79 Å². The molecule has 6 nitrogen and oxygen atoms in total. The molecule has 0 atom stereocenters. The van der Waals surface area contributed by atoms with Gasteiger partial charge in [-0.2, -0.15) is 0 Å². The van der Waals surface area contributed by atoms with Crippen molar-refractivity contribution < 1.29 is 4.42 Å². The summed E-state index contributed by atoms with van der Waals surface area (Å²) in [5.41, 5.74) is 0.532. The summed E-state index contributed by atoms with van der Waals surface area (Å²) in [7, 11) is 0. The Morgan fingerprint density at radius 2 is 2.04 bits per heavy atom. The molecule has 0 saturated carbocycles. The van der Waals surface area contributed by atoms with Crippen LogP contribution in [-0.2, 0) is 0 Å². The Hall–Kier alpha value is -2.99. The molecular weight excluding hydrogens is 316 g/mol. The molecule has 0 spiro atoms. The molecular formula is C16H9ClN4O2. The highest BCUT2D eigenvalue weighted by Gasteiger charge is 2.15. The zero-order valence-electron chi connectivity index (χ0n) is 11.7. The summed E-state index contributed by atoms with van der Waals surface area (Å²) >= 11 is 6.05. The Morgan fingerprint density at radius 3 is 2.87 bits per heavy atom. The SMILES string of the molecule is O=c1oc(-c2cccnc2-n2ccnc2)nc2cccc(Cl)c12. The first kappa shape index (κ1) is 13.7. The lowest BCUT2D eigenvalue weighted by Crippen LogP contribution is -2.05. The molecule has 1 aromatic carbocycles. The van der Waals surface area contributed by atoms with E-state index in [0.29, 0.717) is 21.9 Å². The number of rotatable bonds is 2. The summed E-state index contributed by atoms with van der Waals surface area (Å²) < 4.78 is 7.09. The summed E-state index contributed by atoms with van der Waals surface area (Å²) in [4.78, 5) is 25.0. The zero-order valence-corrected chi connectivity index (χ0v) is 12.4. The van der Waals surface area contributed by atoms with Crippen LogP contribution in [0.3, 0.4) is 0 Å². The molecule has 0 aliphatic carbocycles. The van der Waals surface area contributed by atoms with Crippen LogP contribution < -0.4 is 5.63 Å². The second-order valence-electron chi connectivity index (χ2n) is 4.78. The van der Waals surface area contributed by atoms with Gasteiger partial charge in [0.15, 0.2) is 5.82 Å². The van der Waals surface area contributed by atoms with Crippen LogP contribution in [0.1, 0.15) is 0 Å². The quantitative estimate of drug-likeness (QED) is 0.566. The number of benzene rings is 1. The molecule has 0 amide bonds. The summed E-state index contributed by atoms with van der Waals surface area (Å²) in [6, 6.07) is 8.61. The predicted octanol–water partition coefficient (Wildman–Crippen LogP) is 3.09. The van der Waals surface area contributed by atoms with Gasteiger partial charge in [0.25, 0.3) is 0 Å². The minimum absolute atomic E-state index is 0.182. The normalized spacial score (nSPS) is 11.0. The first-order valence-electron chi connectivity index (χ1n) is 6.77. The summed E-state index contributed by atoms with van der Waals surface area (Å²) in [6.45, 7) is 0. The molecule has 23 heavy (non-hydrogen) atoms. The largest absolute Gasteiger partial charge is 0.403 e. The monoisotopic (exact) mass is 324 g/mol. The van der Waals surface area contributed by atoms with Gasteiger partial charge in [-0.25, -0.2) is 19.7 Å². The van der Waals surface area contributed by atoms with Gasteiger partial charge < -0.3 is 4.42 Å². The molecule has 0 bridgehead atoms. The molecule has 112 valence electrons. The third kappa shape index (κ3) is 2.29. The van der Waals surface area contributed by atoms with Gasteiger partial charge in [0.2, 0.25) is 5.89 Å². The Balaban J connectivity index is 2.00. The smallest absolute Gasteiger partial charge is 0.348 e. The third-order valence-electron chi connectivity index (χ3n) is 3.37. The van der Waals surface area contributed by atoms with E-state index in [-0.39, 0.29) is 11.3 Å². The Labute approximate surface area is 135 Å². The van der Waals surface area contributed by atoms with Gasteiger partial charge in [0, 0.05) is 18.6 Å². The van der Waals surface area contributed by atoms with E-state index in [0.717, 1.165) is 0 Å². The summed E-state index contributed by atoms with van der Waals surface area (Å²) in [6.07, 6.45) is 6.65. The predicted molar refractivity (Wildman–Crippen MR) is 85.6 cm³/mol. The van der Waals surface area contributed by atoms with Gasteiger partial charge in [0.1, 0.15) is 11.7 Å². The van der Waals surface area contributed by atoms with E-state index in [1.54, 1.807) is 59.8 Å². The average Bonchev–Trinajstić information content (AvgIpc) is 3.09. The molecule has 0 fully saturated rings. The number of hydrogen-bond acceptors (Lipinski definition) is 5. The molecule has 4 aromatic rings. The minimum atomic E-state index is -0.531. The number of imidazole rings is 1. The maximum absolute atomic E-state index is 12.3. The fraction of sp³-hybridized carbons (Fsp3) is 0. The van der Waals surface area contributed by atoms with Crippen LogP contribution in [0.15, 0.2) is 64.5 Å². The Kier molecular flexibility index (Phi) is 3.17. The first-order chi connectivity index (χ1) is 11.2. The second kappa shape index (κ2) is 5.33. The molecule has 0 saturated heterocycles. The van der Waals surface area contributed by atoms with Gasteiger partial charge in [-0.1, -0.05) is 17.7 Å². The van der Waals surface area contributed by atoms with Crippen LogP contribution in [0.4, 0.5) is 0 Å². The number of halogens is 1. The molecule has 0 unspecified atom stereocenters. The molecule has 3 aromatic heterocycles. The maximum atomic E-state index is 12.3. The lowest BCUT2D eigenvalue weighted by Gasteiger charge is -2.08. The van der Waals surface area contributed by atoms with Gasteiger partial charge in [0.05, 0.1) is 16.1 Å². The Bertz CT molecular complexity index is 1060. The molecule has 7 heteroatoms. The highest BCUT2D eigenvalue weighted by atomic mass is 35.5. The van der Waals surface area contributed by atoms with E-state index in [1.807, 2.05) is 0 Å². The van der Waals surface area contributed by atoms with E-state index in [1.165, 1.54) is 0 Å². The summed E-state index contributed by atoms with van der Waals surface area (Å²) in [5, 5.41) is 0.585. The van der Waals surface area contributed by atoms with Crippen molar-refractivity contribution in [2.45, 2.75) is 0 Å². The number of nitrogens with zero attached hydrogens (tertiary/aromatic N) is 4. The molecule has 0 aliphatic rings. The fourth-order valence-corrected chi connectivity index (χ4v) is 2.60. The van der Waals surface area contributed by atoms with Gasteiger partial charge in [-0.15, -0.1) is 0 Å². The lowest BCUT2D eigenvalue weighted by molar-refractivity contribution is 0.518. The third-order valence-corrected chi connectivity index (χ3v) is 3.69. The van der Waals surface area contributed by atoms with Crippen molar-refractivity contribution in [3.63, 3.8) is 0 Å². The highest BCUT2D eigenvalue weighted by Crippen LogP contribution is 2.25. The Morgan fingerprint density at radius 1 is 1.13 bits per heavy atom. The van der Waals surface area contributed by atoms with Crippen molar-refractivity contribution >= 4 is 22.5 Å². The molecule has 0 radical (unpaired) electrons. The molecule has 0 aliphatic heterocycles. The van der Waals surface area contributed by atoms with Crippen LogP contribution in [0.25, 0.3) is 28.2 Å². The van der Waals surface area contributed by atoms with E-state index in [2.05, 4.69) is 15.0 Å². The number of aromatic nitrogens is 4. The standard InChI is InChI=1S/C16H9ClN4O2/c17-11-4-1-5-12-13(11)16(22)23-15(20-12)10-3-2-6-19-14(10)21-8-7-18-9-21/h1-9H. The molecule has 3 heterocycles. The van der Waals surface area contributed by atoms with Gasteiger partial charge in [-0.05, 0) is 24.3 Å². The first-order valence-corrected chi connectivity index (χ1v) is 7.15. The van der Waals surface area contributed by atoms with Crippen LogP contribution in [0, 0.1) is 0 Å².